The smallest absolute Gasteiger partial charge is 0.383 e. The van der Waals surface area contributed by atoms with Crippen molar-refractivity contribution in [1.29, 1.82) is 0 Å². The van der Waals surface area contributed by atoms with E-state index >= 15 is 0 Å². The lowest BCUT2D eigenvalue weighted by Gasteiger charge is -2.08. The Morgan fingerprint density at radius 1 is 1.16 bits per heavy atom. The second kappa shape index (κ2) is 9.99. The molecule has 2 aromatic rings. The number of ether oxygens (including phenoxy) is 2. The highest BCUT2D eigenvalue weighted by Crippen LogP contribution is 2.13. The highest BCUT2D eigenvalue weighted by atomic mass is 16.6. The molecule has 0 aliphatic rings. The van der Waals surface area contributed by atoms with Gasteiger partial charge in [-0.2, -0.15) is 0 Å². The Morgan fingerprint density at radius 2 is 1.96 bits per heavy atom. The van der Waals surface area contributed by atoms with Gasteiger partial charge >= 0.3 is 12.1 Å². The third-order valence-electron chi connectivity index (χ3n) is 3.17. The van der Waals surface area contributed by atoms with Gasteiger partial charge < -0.3 is 14.8 Å². The van der Waals surface area contributed by atoms with Gasteiger partial charge in [0.05, 0.1) is 6.61 Å². The second-order valence-electron chi connectivity index (χ2n) is 5.09. The number of nitrogens with one attached hydrogen (secondary N) is 2. The lowest BCUT2D eigenvalue weighted by atomic mass is 10.1. The van der Waals surface area contributed by atoms with Gasteiger partial charge in [0.15, 0.2) is 0 Å². The summed E-state index contributed by atoms with van der Waals surface area (Å²) < 4.78 is 9.84. The van der Waals surface area contributed by atoms with Crippen LogP contribution in [0.2, 0.25) is 0 Å². The Morgan fingerprint density at radius 3 is 2.72 bits per heavy atom. The summed E-state index contributed by atoms with van der Waals surface area (Å²) in [6.45, 7) is 0.975. The van der Waals surface area contributed by atoms with Crippen molar-refractivity contribution in [3.8, 4) is 6.01 Å². The molecule has 0 spiro atoms. The van der Waals surface area contributed by atoms with E-state index in [4.69, 9.17) is 9.47 Å². The Bertz CT molecular complexity index is 694. The molecule has 8 nitrogen and oxygen atoms in total. The summed E-state index contributed by atoms with van der Waals surface area (Å²) in [6, 6.07) is 8.81. The van der Waals surface area contributed by atoms with Gasteiger partial charge in [0, 0.05) is 38.2 Å². The largest absolute Gasteiger partial charge is 0.419 e. The Hall–Kier alpha value is -3.00. The summed E-state index contributed by atoms with van der Waals surface area (Å²) in [4.78, 5) is 31.1. The van der Waals surface area contributed by atoms with Crippen molar-refractivity contribution in [3.63, 3.8) is 0 Å². The molecule has 0 bridgehead atoms. The molecule has 8 heteroatoms. The number of carbonyl (C=O) groups excluding carboxylic acids is 2. The summed E-state index contributed by atoms with van der Waals surface area (Å²) in [6.07, 6.45) is 3.20. The first kappa shape index (κ1) is 18.3. The van der Waals surface area contributed by atoms with Crippen LogP contribution in [0, 0.1) is 0 Å². The predicted octanol–water partition coefficient (Wildman–Crippen LogP) is 1.78. The fourth-order valence-corrected chi connectivity index (χ4v) is 2.01. The molecule has 132 valence electrons. The number of methoxy groups -OCH3 is 1. The van der Waals surface area contributed by atoms with Crippen LogP contribution in [-0.4, -0.2) is 42.2 Å². The zero-order valence-corrected chi connectivity index (χ0v) is 13.9. The van der Waals surface area contributed by atoms with E-state index < -0.39 is 6.09 Å². The fraction of sp³-hybridized carbons (Fsp3) is 0.294. The zero-order valence-electron chi connectivity index (χ0n) is 13.9. The maximum atomic E-state index is 11.8. The average Bonchev–Trinajstić information content (AvgIpc) is 2.61. The SMILES string of the molecule is COCCNC(=O)CCc1cccc(NC(=O)Oc2ncccn2)c1. The van der Waals surface area contributed by atoms with E-state index in [1.54, 1.807) is 31.4 Å². The molecule has 2 amide bonds. The molecule has 2 N–H and O–H groups in total. The van der Waals surface area contributed by atoms with Crippen molar-refractivity contribution >= 4 is 17.7 Å². The Labute approximate surface area is 145 Å². The number of aryl methyl sites for hydroxylation is 1. The normalized spacial score (nSPS) is 10.1. The van der Waals surface area contributed by atoms with E-state index in [1.165, 1.54) is 12.4 Å². The van der Waals surface area contributed by atoms with Crippen molar-refractivity contribution in [2.75, 3.05) is 25.6 Å². The highest BCUT2D eigenvalue weighted by molar-refractivity contribution is 5.86. The van der Waals surface area contributed by atoms with Crippen LogP contribution in [0.4, 0.5) is 10.5 Å². The Balaban J connectivity index is 1.82. The quantitative estimate of drug-likeness (QED) is 0.708. The number of aromatic nitrogens is 2. The molecule has 0 aliphatic carbocycles. The lowest BCUT2D eigenvalue weighted by Crippen LogP contribution is -2.27. The van der Waals surface area contributed by atoms with Crippen LogP contribution < -0.4 is 15.4 Å². The number of anilines is 1. The van der Waals surface area contributed by atoms with Gasteiger partial charge in [0.1, 0.15) is 0 Å². The summed E-state index contributed by atoms with van der Waals surface area (Å²) in [5.74, 6) is -0.0453. The molecule has 1 heterocycles. The van der Waals surface area contributed by atoms with Crippen LogP contribution in [0.25, 0.3) is 0 Å². The van der Waals surface area contributed by atoms with E-state index in [9.17, 15) is 9.59 Å². The number of carbonyl (C=O) groups is 2. The fourth-order valence-electron chi connectivity index (χ4n) is 2.01. The van der Waals surface area contributed by atoms with Gasteiger partial charge in [-0.1, -0.05) is 12.1 Å². The average molecular weight is 344 g/mol. The number of nitrogens with zero attached hydrogens (tertiary/aromatic N) is 2. The first-order valence-corrected chi connectivity index (χ1v) is 7.78. The number of benzene rings is 1. The van der Waals surface area contributed by atoms with Crippen molar-refractivity contribution in [1.82, 2.24) is 15.3 Å². The molecule has 0 atom stereocenters. The molecule has 0 saturated heterocycles. The van der Waals surface area contributed by atoms with E-state index in [0.29, 0.717) is 31.7 Å². The minimum atomic E-state index is -0.680. The maximum Gasteiger partial charge on any atom is 0.419 e. The van der Waals surface area contributed by atoms with E-state index in [2.05, 4.69) is 20.6 Å². The van der Waals surface area contributed by atoms with Gasteiger partial charge in [0.25, 0.3) is 0 Å². The third kappa shape index (κ3) is 6.96. The van der Waals surface area contributed by atoms with Gasteiger partial charge in [-0.15, -0.1) is 0 Å². The van der Waals surface area contributed by atoms with E-state index in [-0.39, 0.29) is 11.9 Å². The van der Waals surface area contributed by atoms with E-state index in [1.807, 2.05) is 6.07 Å². The van der Waals surface area contributed by atoms with Gasteiger partial charge in [-0.05, 0) is 30.2 Å². The molecule has 2 rings (SSSR count). The number of amides is 2. The summed E-state index contributed by atoms with van der Waals surface area (Å²) >= 11 is 0. The van der Waals surface area contributed by atoms with Crippen LogP contribution in [0.1, 0.15) is 12.0 Å². The van der Waals surface area contributed by atoms with Crippen LogP contribution >= 0.6 is 0 Å². The summed E-state index contributed by atoms with van der Waals surface area (Å²) in [7, 11) is 1.58. The summed E-state index contributed by atoms with van der Waals surface area (Å²) in [5, 5.41) is 5.36. The Kier molecular flexibility index (Phi) is 7.33. The third-order valence-corrected chi connectivity index (χ3v) is 3.17. The zero-order chi connectivity index (χ0) is 17.9. The number of hydrogen-bond acceptors (Lipinski definition) is 6. The van der Waals surface area contributed by atoms with Gasteiger partial charge in [-0.3, -0.25) is 10.1 Å². The maximum absolute atomic E-state index is 11.8. The molecule has 1 aromatic heterocycles. The van der Waals surface area contributed by atoms with Gasteiger partial charge in [0.2, 0.25) is 5.91 Å². The molecule has 0 unspecified atom stereocenters. The molecule has 0 fully saturated rings. The monoisotopic (exact) mass is 344 g/mol. The first-order valence-electron chi connectivity index (χ1n) is 7.78. The van der Waals surface area contributed by atoms with Crippen LogP contribution in [0.3, 0.4) is 0 Å². The van der Waals surface area contributed by atoms with Gasteiger partial charge in [-0.25, -0.2) is 14.8 Å². The first-order chi connectivity index (χ1) is 12.2. The minimum Gasteiger partial charge on any atom is -0.383 e. The van der Waals surface area contributed by atoms with Crippen molar-refractivity contribution in [2.24, 2.45) is 0 Å². The number of rotatable bonds is 8. The molecule has 0 saturated carbocycles. The topological polar surface area (TPSA) is 102 Å². The lowest BCUT2D eigenvalue weighted by molar-refractivity contribution is -0.121. The highest BCUT2D eigenvalue weighted by Gasteiger charge is 2.08. The van der Waals surface area contributed by atoms with E-state index in [0.717, 1.165) is 5.56 Å². The van der Waals surface area contributed by atoms with Crippen LogP contribution in [-0.2, 0) is 16.0 Å². The van der Waals surface area contributed by atoms with Crippen molar-refractivity contribution < 1.29 is 19.1 Å². The molecular formula is C17H20N4O4. The molecular weight excluding hydrogens is 324 g/mol. The number of hydrogen-bond donors (Lipinski definition) is 2. The molecule has 0 radical (unpaired) electrons. The predicted molar refractivity (Wildman–Crippen MR) is 91.3 cm³/mol. The van der Waals surface area contributed by atoms with Crippen LogP contribution in [0.5, 0.6) is 6.01 Å². The summed E-state index contributed by atoms with van der Waals surface area (Å²) in [5.41, 5.74) is 1.49. The van der Waals surface area contributed by atoms with Crippen molar-refractivity contribution in [3.05, 3.63) is 48.3 Å². The minimum absolute atomic E-state index is 0.0242. The standard InChI is InChI=1S/C17H20N4O4/c1-24-11-10-18-15(22)7-6-13-4-2-5-14(12-13)21-17(23)25-16-19-8-3-9-20-16/h2-5,8-9,12H,6-7,10-11H2,1H3,(H,18,22)(H,21,23). The van der Waals surface area contributed by atoms with Crippen molar-refractivity contribution in [2.45, 2.75) is 12.8 Å². The molecule has 25 heavy (non-hydrogen) atoms. The van der Waals surface area contributed by atoms with Crippen LogP contribution in [0.15, 0.2) is 42.7 Å². The molecule has 0 aliphatic heterocycles. The molecule has 1 aromatic carbocycles. The second-order valence-corrected chi connectivity index (χ2v) is 5.09.